The van der Waals surface area contributed by atoms with Gasteiger partial charge in [0.2, 0.25) is 11.1 Å². The number of rotatable bonds is 4. The van der Waals surface area contributed by atoms with Crippen molar-refractivity contribution in [1.29, 1.82) is 0 Å². The van der Waals surface area contributed by atoms with Crippen LogP contribution in [0.5, 0.6) is 0 Å². The maximum absolute atomic E-state index is 12.6. The molecule has 1 atom stereocenters. The fraction of sp³-hybridized carbons (Fsp3) is 0.800. The molecule has 7 nitrogen and oxygen atoms in total. The van der Waals surface area contributed by atoms with Gasteiger partial charge >= 0.3 is 0 Å². The maximum atomic E-state index is 12.6. The predicted octanol–water partition coefficient (Wildman–Crippen LogP) is 0.934. The standard InChI is InChI=1S/C15H28N6OS/c1-6-19-7-9-20(10-8-19)12(22)11(2)23-14-18-17-13(21(14)16)15(3,4)5/h11H,6-10,16H2,1-5H3. The van der Waals surface area contributed by atoms with Crippen LogP contribution in [-0.4, -0.2) is 68.6 Å². The molecule has 130 valence electrons. The fourth-order valence-corrected chi connectivity index (χ4v) is 3.47. The molecule has 0 saturated carbocycles. The lowest BCUT2D eigenvalue weighted by Gasteiger charge is -2.35. The van der Waals surface area contributed by atoms with E-state index < -0.39 is 0 Å². The highest BCUT2D eigenvalue weighted by Crippen LogP contribution is 2.26. The Morgan fingerprint density at radius 1 is 1.26 bits per heavy atom. The Balaban J connectivity index is 1.98. The molecule has 1 amide bonds. The van der Waals surface area contributed by atoms with Crippen molar-refractivity contribution in [3.05, 3.63) is 5.82 Å². The molecule has 0 aliphatic carbocycles. The summed E-state index contributed by atoms with van der Waals surface area (Å²) in [6.07, 6.45) is 0. The Kier molecular flexibility index (Phi) is 5.57. The number of piperazine rings is 1. The van der Waals surface area contributed by atoms with Gasteiger partial charge in [-0.1, -0.05) is 39.5 Å². The molecule has 0 bridgehead atoms. The van der Waals surface area contributed by atoms with Crippen LogP contribution >= 0.6 is 11.8 Å². The number of aromatic nitrogens is 3. The van der Waals surface area contributed by atoms with Crippen molar-refractivity contribution < 1.29 is 4.79 Å². The largest absolute Gasteiger partial charge is 0.339 e. The average molecular weight is 340 g/mol. The lowest BCUT2D eigenvalue weighted by molar-refractivity contribution is -0.132. The van der Waals surface area contributed by atoms with E-state index in [4.69, 9.17) is 5.84 Å². The number of carbonyl (C=O) groups is 1. The highest BCUT2D eigenvalue weighted by atomic mass is 32.2. The SMILES string of the molecule is CCN1CCN(C(=O)C(C)Sc2nnc(C(C)(C)C)n2N)CC1. The van der Waals surface area contributed by atoms with Crippen molar-refractivity contribution in [3.8, 4) is 0 Å². The molecule has 1 aromatic heterocycles. The number of hydrogen-bond donors (Lipinski definition) is 1. The van der Waals surface area contributed by atoms with Crippen molar-refractivity contribution in [2.24, 2.45) is 0 Å². The number of nitrogens with two attached hydrogens (primary N) is 1. The Morgan fingerprint density at radius 2 is 1.87 bits per heavy atom. The molecule has 8 heteroatoms. The summed E-state index contributed by atoms with van der Waals surface area (Å²) in [6, 6.07) is 0. The number of thioether (sulfide) groups is 1. The minimum absolute atomic E-state index is 0.145. The smallest absolute Gasteiger partial charge is 0.235 e. The summed E-state index contributed by atoms with van der Waals surface area (Å²) >= 11 is 1.37. The van der Waals surface area contributed by atoms with Crippen molar-refractivity contribution in [3.63, 3.8) is 0 Å². The van der Waals surface area contributed by atoms with Crippen LogP contribution in [0, 0.1) is 0 Å². The topological polar surface area (TPSA) is 80.3 Å². The quantitative estimate of drug-likeness (QED) is 0.649. The van der Waals surface area contributed by atoms with E-state index >= 15 is 0 Å². The second-order valence-electron chi connectivity index (χ2n) is 6.95. The molecule has 2 heterocycles. The first kappa shape index (κ1) is 18.1. The fourth-order valence-electron chi connectivity index (χ4n) is 2.62. The van der Waals surface area contributed by atoms with E-state index in [2.05, 4.69) is 22.0 Å². The van der Waals surface area contributed by atoms with E-state index in [-0.39, 0.29) is 16.6 Å². The number of likely N-dealkylation sites (N-methyl/N-ethyl adjacent to an activating group) is 1. The number of amides is 1. The lowest BCUT2D eigenvalue weighted by Crippen LogP contribution is -2.50. The summed E-state index contributed by atoms with van der Waals surface area (Å²) in [5, 5.41) is 8.68. The van der Waals surface area contributed by atoms with Gasteiger partial charge in [-0.3, -0.25) is 4.79 Å². The first-order chi connectivity index (χ1) is 10.7. The number of carbonyl (C=O) groups excluding carboxylic acids is 1. The van der Waals surface area contributed by atoms with Gasteiger partial charge in [0.15, 0.2) is 5.82 Å². The third-order valence-electron chi connectivity index (χ3n) is 4.10. The van der Waals surface area contributed by atoms with Crippen molar-refractivity contribution in [2.75, 3.05) is 38.6 Å². The summed E-state index contributed by atoms with van der Waals surface area (Å²) in [4.78, 5) is 16.9. The summed E-state index contributed by atoms with van der Waals surface area (Å²) in [5.41, 5.74) is -0.176. The van der Waals surface area contributed by atoms with Crippen LogP contribution < -0.4 is 5.84 Å². The molecule has 1 aliphatic rings. The Hall–Kier alpha value is -1.28. The average Bonchev–Trinajstić information content (AvgIpc) is 2.87. The van der Waals surface area contributed by atoms with Gasteiger partial charge in [0, 0.05) is 31.6 Å². The molecule has 0 aromatic carbocycles. The molecule has 1 fully saturated rings. The van der Waals surface area contributed by atoms with Crippen molar-refractivity contribution in [2.45, 2.75) is 50.4 Å². The molecule has 1 aliphatic heterocycles. The summed E-state index contributed by atoms with van der Waals surface area (Å²) in [5.74, 6) is 6.96. The third-order valence-corrected chi connectivity index (χ3v) is 5.14. The molecule has 1 unspecified atom stereocenters. The van der Waals surface area contributed by atoms with Gasteiger partial charge in [-0.2, -0.15) is 0 Å². The second-order valence-corrected chi connectivity index (χ2v) is 8.25. The monoisotopic (exact) mass is 340 g/mol. The molecule has 1 saturated heterocycles. The zero-order chi connectivity index (χ0) is 17.2. The van der Waals surface area contributed by atoms with E-state index in [0.29, 0.717) is 5.16 Å². The molecular formula is C15H28N6OS. The van der Waals surface area contributed by atoms with E-state index in [1.807, 2.05) is 32.6 Å². The van der Waals surface area contributed by atoms with Gasteiger partial charge in [-0.25, -0.2) is 4.68 Å². The molecule has 0 spiro atoms. The van der Waals surface area contributed by atoms with Crippen LogP contribution in [0.15, 0.2) is 5.16 Å². The van der Waals surface area contributed by atoms with Gasteiger partial charge < -0.3 is 15.6 Å². The molecular weight excluding hydrogens is 312 g/mol. The summed E-state index contributed by atoms with van der Waals surface area (Å²) < 4.78 is 1.50. The summed E-state index contributed by atoms with van der Waals surface area (Å²) in [6.45, 7) is 14.7. The highest BCUT2D eigenvalue weighted by Gasteiger charge is 2.28. The van der Waals surface area contributed by atoms with Crippen LogP contribution in [0.3, 0.4) is 0 Å². The van der Waals surface area contributed by atoms with Crippen LogP contribution in [0.4, 0.5) is 0 Å². The van der Waals surface area contributed by atoms with Gasteiger partial charge in [-0.15, -0.1) is 10.2 Å². The molecule has 2 rings (SSSR count). The van der Waals surface area contributed by atoms with E-state index in [1.54, 1.807) is 0 Å². The molecule has 1 aromatic rings. The van der Waals surface area contributed by atoms with E-state index in [0.717, 1.165) is 38.5 Å². The highest BCUT2D eigenvalue weighted by molar-refractivity contribution is 8.00. The molecule has 0 radical (unpaired) electrons. The predicted molar refractivity (Wildman–Crippen MR) is 92.9 cm³/mol. The molecule has 23 heavy (non-hydrogen) atoms. The third kappa shape index (κ3) is 4.17. The van der Waals surface area contributed by atoms with Crippen LogP contribution in [0.2, 0.25) is 0 Å². The van der Waals surface area contributed by atoms with Gasteiger partial charge in [0.25, 0.3) is 0 Å². The van der Waals surface area contributed by atoms with Crippen LogP contribution in [-0.2, 0) is 10.2 Å². The number of hydrogen-bond acceptors (Lipinski definition) is 6. The van der Waals surface area contributed by atoms with Gasteiger partial charge in [0.1, 0.15) is 0 Å². The normalized spacial score (nSPS) is 18.2. The Morgan fingerprint density at radius 3 is 2.35 bits per heavy atom. The Bertz CT molecular complexity index is 545. The lowest BCUT2D eigenvalue weighted by atomic mass is 9.96. The van der Waals surface area contributed by atoms with Crippen LogP contribution in [0.1, 0.15) is 40.4 Å². The second kappa shape index (κ2) is 7.09. The zero-order valence-corrected chi connectivity index (χ0v) is 15.6. The van der Waals surface area contributed by atoms with Gasteiger partial charge in [0.05, 0.1) is 5.25 Å². The zero-order valence-electron chi connectivity index (χ0n) is 14.7. The number of nitrogens with zero attached hydrogens (tertiary/aromatic N) is 5. The first-order valence-electron chi connectivity index (χ1n) is 8.12. The number of nitrogen functional groups attached to an aromatic ring is 1. The first-order valence-corrected chi connectivity index (χ1v) is 9.00. The van der Waals surface area contributed by atoms with Crippen molar-refractivity contribution in [1.82, 2.24) is 24.7 Å². The van der Waals surface area contributed by atoms with Gasteiger partial charge in [-0.05, 0) is 13.5 Å². The van der Waals surface area contributed by atoms with Crippen LogP contribution in [0.25, 0.3) is 0 Å². The minimum Gasteiger partial charge on any atom is -0.339 e. The minimum atomic E-state index is -0.220. The van der Waals surface area contributed by atoms with Crippen molar-refractivity contribution >= 4 is 17.7 Å². The molecule has 2 N–H and O–H groups in total. The van der Waals surface area contributed by atoms with E-state index in [1.165, 1.54) is 16.4 Å². The maximum Gasteiger partial charge on any atom is 0.235 e. The summed E-state index contributed by atoms with van der Waals surface area (Å²) in [7, 11) is 0. The van der Waals surface area contributed by atoms with E-state index in [9.17, 15) is 4.79 Å². The Labute approximate surface area is 142 Å².